The third-order valence-electron chi connectivity index (χ3n) is 3.49. The summed E-state index contributed by atoms with van der Waals surface area (Å²) in [6.07, 6.45) is 1.12. The first-order chi connectivity index (χ1) is 8.97. The van der Waals surface area contributed by atoms with Crippen LogP contribution in [-0.2, 0) is 0 Å². The number of anilines is 2. The van der Waals surface area contributed by atoms with Crippen molar-refractivity contribution in [2.45, 2.75) is 26.3 Å². The highest BCUT2D eigenvalue weighted by atomic mass is 16.1. The third-order valence-corrected chi connectivity index (χ3v) is 3.49. The number of carbonyl (C=O) groups excluding carboxylic acids is 1. The lowest BCUT2D eigenvalue weighted by Crippen LogP contribution is -2.32. The summed E-state index contributed by atoms with van der Waals surface area (Å²) in [5.41, 5.74) is 12.7. The van der Waals surface area contributed by atoms with Crippen LogP contribution in [0, 0.1) is 0 Å². The minimum Gasteiger partial charge on any atom is -0.396 e. The molecule has 1 atom stereocenters. The first kappa shape index (κ1) is 15.3. The maximum absolute atomic E-state index is 11.2. The van der Waals surface area contributed by atoms with E-state index in [1.807, 2.05) is 6.07 Å². The van der Waals surface area contributed by atoms with Gasteiger partial charge in [0.25, 0.3) is 5.91 Å². The van der Waals surface area contributed by atoms with Crippen LogP contribution in [0.1, 0.15) is 30.6 Å². The van der Waals surface area contributed by atoms with E-state index >= 15 is 0 Å². The van der Waals surface area contributed by atoms with Crippen LogP contribution in [0.3, 0.4) is 0 Å². The fourth-order valence-corrected chi connectivity index (χ4v) is 1.83. The number of amides is 1. The van der Waals surface area contributed by atoms with E-state index in [4.69, 9.17) is 11.5 Å². The van der Waals surface area contributed by atoms with E-state index in [1.165, 1.54) is 0 Å². The molecule has 1 aromatic carbocycles. The highest BCUT2D eigenvalue weighted by Gasteiger charge is 2.10. The van der Waals surface area contributed by atoms with Gasteiger partial charge in [0, 0.05) is 19.1 Å². The summed E-state index contributed by atoms with van der Waals surface area (Å²) in [7, 11) is 2.10. The lowest BCUT2D eigenvalue weighted by Gasteiger charge is -2.24. The molecule has 0 aliphatic carbocycles. The van der Waals surface area contributed by atoms with Gasteiger partial charge in [0.2, 0.25) is 0 Å². The average Bonchev–Trinajstić information content (AvgIpc) is 2.39. The van der Waals surface area contributed by atoms with Crippen LogP contribution in [0.15, 0.2) is 18.2 Å². The van der Waals surface area contributed by atoms with E-state index in [0.29, 0.717) is 17.3 Å². The van der Waals surface area contributed by atoms with Gasteiger partial charge >= 0.3 is 0 Å². The van der Waals surface area contributed by atoms with E-state index in [2.05, 4.69) is 31.1 Å². The molecular formula is C14H24N4O. The lowest BCUT2D eigenvalue weighted by atomic mass is 10.1. The Balaban J connectivity index is 2.59. The summed E-state index contributed by atoms with van der Waals surface area (Å²) in [6, 6.07) is 5.81. The van der Waals surface area contributed by atoms with Gasteiger partial charge in [0.05, 0.1) is 16.9 Å². The zero-order valence-electron chi connectivity index (χ0n) is 11.9. The molecule has 0 aliphatic heterocycles. The van der Waals surface area contributed by atoms with E-state index in [0.717, 1.165) is 25.2 Å². The number of benzene rings is 1. The van der Waals surface area contributed by atoms with Gasteiger partial charge in [-0.3, -0.25) is 4.79 Å². The van der Waals surface area contributed by atoms with Crippen molar-refractivity contribution in [3.8, 4) is 0 Å². The molecule has 0 radical (unpaired) electrons. The second kappa shape index (κ2) is 6.99. The Morgan fingerprint density at radius 1 is 1.47 bits per heavy atom. The predicted octanol–water partition coefficient (Wildman–Crippen LogP) is 1.51. The molecule has 1 aromatic rings. The number of hydrogen-bond donors (Lipinski definition) is 3. The van der Waals surface area contributed by atoms with Gasteiger partial charge in [-0.05, 0) is 32.5 Å². The molecule has 5 N–H and O–H groups in total. The quantitative estimate of drug-likeness (QED) is 0.652. The molecule has 0 aliphatic rings. The Morgan fingerprint density at radius 2 is 2.16 bits per heavy atom. The Bertz CT molecular complexity index is 433. The number of nitrogen functional groups attached to an aromatic ring is 1. The smallest absolute Gasteiger partial charge is 0.250 e. The normalized spacial score (nSPS) is 12.4. The second-order valence-electron chi connectivity index (χ2n) is 4.80. The minimum atomic E-state index is -0.502. The van der Waals surface area contributed by atoms with Gasteiger partial charge in [-0.25, -0.2) is 0 Å². The van der Waals surface area contributed by atoms with Crippen LogP contribution in [0.4, 0.5) is 11.4 Å². The van der Waals surface area contributed by atoms with Crippen LogP contribution in [0.5, 0.6) is 0 Å². The molecule has 19 heavy (non-hydrogen) atoms. The number of carbonyl (C=O) groups is 1. The maximum Gasteiger partial charge on any atom is 0.250 e. The summed E-state index contributed by atoms with van der Waals surface area (Å²) in [6.45, 7) is 6.05. The molecule has 0 fully saturated rings. The van der Waals surface area contributed by atoms with Crippen molar-refractivity contribution in [3.05, 3.63) is 23.8 Å². The first-order valence-electron chi connectivity index (χ1n) is 6.59. The maximum atomic E-state index is 11.2. The first-order valence-corrected chi connectivity index (χ1v) is 6.59. The summed E-state index contributed by atoms with van der Waals surface area (Å²) >= 11 is 0. The van der Waals surface area contributed by atoms with Crippen LogP contribution < -0.4 is 16.8 Å². The van der Waals surface area contributed by atoms with E-state index in [1.54, 1.807) is 12.1 Å². The number of rotatable bonds is 7. The van der Waals surface area contributed by atoms with Gasteiger partial charge in [0.1, 0.15) is 0 Å². The van der Waals surface area contributed by atoms with Crippen molar-refractivity contribution in [3.63, 3.8) is 0 Å². The Kier molecular flexibility index (Phi) is 5.63. The summed E-state index contributed by atoms with van der Waals surface area (Å²) in [5.74, 6) is -0.502. The number of nitrogens with zero attached hydrogens (tertiary/aromatic N) is 1. The number of primary amides is 1. The van der Waals surface area contributed by atoms with Crippen molar-refractivity contribution < 1.29 is 4.79 Å². The summed E-state index contributed by atoms with van der Waals surface area (Å²) in [5, 5.41) is 3.24. The monoisotopic (exact) mass is 264 g/mol. The van der Waals surface area contributed by atoms with Gasteiger partial charge in [-0.1, -0.05) is 13.0 Å². The Morgan fingerprint density at radius 3 is 2.74 bits per heavy atom. The Hall–Kier alpha value is -1.75. The molecule has 5 heteroatoms. The number of nitrogens with two attached hydrogens (primary N) is 2. The average molecular weight is 264 g/mol. The van der Waals surface area contributed by atoms with Crippen molar-refractivity contribution in [1.82, 2.24) is 4.90 Å². The molecular weight excluding hydrogens is 240 g/mol. The van der Waals surface area contributed by atoms with Crippen molar-refractivity contribution >= 4 is 17.3 Å². The molecule has 0 heterocycles. The number of hydrogen-bond acceptors (Lipinski definition) is 4. The largest absolute Gasteiger partial charge is 0.396 e. The predicted molar refractivity (Wildman–Crippen MR) is 80.2 cm³/mol. The SMILES string of the molecule is CCC(C)N(C)CCNc1cccc(C(N)=O)c1N. The number of para-hydroxylation sites is 1. The number of likely N-dealkylation sites (N-methyl/N-ethyl adjacent to an activating group) is 1. The number of nitrogens with one attached hydrogen (secondary N) is 1. The third kappa shape index (κ3) is 4.13. The molecule has 0 saturated carbocycles. The van der Waals surface area contributed by atoms with Gasteiger partial charge in [-0.15, -0.1) is 0 Å². The molecule has 5 nitrogen and oxygen atoms in total. The molecule has 1 unspecified atom stereocenters. The highest BCUT2D eigenvalue weighted by Crippen LogP contribution is 2.22. The van der Waals surface area contributed by atoms with E-state index < -0.39 is 5.91 Å². The molecule has 106 valence electrons. The van der Waals surface area contributed by atoms with Crippen molar-refractivity contribution in [2.24, 2.45) is 5.73 Å². The molecule has 0 aromatic heterocycles. The van der Waals surface area contributed by atoms with Gasteiger partial charge < -0.3 is 21.7 Å². The van der Waals surface area contributed by atoms with Gasteiger partial charge in [-0.2, -0.15) is 0 Å². The lowest BCUT2D eigenvalue weighted by molar-refractivity contribution is 0.100. The Labute approximate surface area is 115 Å². The molecule has 0 spiro atoms. The van der Waals surface area contributed by atoms with Crippen LogP contribution >= 0.6 is 0 Å². The fraction of sp³-hybridized carbons (Fsp3) is 0.500. The highest BCUT2D eigenvalue weighted by molar-refractivity contribution is 6.00. The van der Waals surface area contributed by atoms with E-state index in [9.17, 15) is 4.79 Å². The second-order valence-corrected chi connectivity index (χ2v) is 4.80. The van der Waals surface area contributed by atoms with Crippen LogP contribution in [-0.4, -0.2) is 37.0 Å². The minimum absolute atomic E-state index is 0.361. The van der Waals surface area contributed by atoms with Crippen LogP contribution in [0.2, 0.25) is 0 Å². The fourth-order valence-electron chi connectivity index (χ4n) is 1.83. The standard InChI is InChI=1S/C14H24N4O/c1-4-10(2)18(3)9-8-17-12-7-5-6-11(13(12)15)14(16)19/h5-7,10,17H,4,8-9,15H2,1-3H3,(H2,16,19). The van der Waals surface area contributed by atoms with Crippen molar-refractivity contribution in [2.75, 3.05) is 31.2 Å². The molecule has 1 rings (SSSR count). The van der Waals surface area contributed by atoms with E-state index in [-0.39, 0.29) is 0 Å². The topological polar surface area (TPSA) is 84.4 Å². The van der Waals surface area contributed by atoms with Crippen LogP contribution in [0.25, 0.3) is 0 Å². The van der Waals surface area contributed by atoms with Crippen molar-refractivity contribution in [1.29, 1.82) is 0 Å². The van der Waals surface area contributed by atoms with Gasteiger partial charge in [0.15, 0.2) is 0 Å². The summed E-state index contributed by atoms with van der Waals surface area (Å²) in [4.78, 5) is 13.5. The molecule has 1 amide bonds. The molecule has 0 saturated heterocycles. The summed E-state index contributed by atoms with van der Waals surface area (Å²) < 4.78 is 0. The zero-order chi connectivity index (χ0) is 14.4. The molecule has 0 bridgehead atoms. The zero-order valence-corrected chi connectivity index (χ0v) is 11.9.